The van der Waals surface area contributed by atoms with Gasteiger partial charge in [-0.2, -0.15) is 11.8 Å². The normalized spacial score (nSPS) is 22.9. The van der Waals surface area contributed by atoms with Gasteiger partial charge in [-0.05, 0) is 23.8 Å². The fraction of sp³-hybridized carbons (Fsp3) is 0.769. The Bertz CT molecular complexity index is 362. The van der Waals surface area contributed by atoms with Crippen molar-refractivity contribution in [2.75, 3.05) is 11.5 Å². The Morgan fingerprint density at radius 3 is 2.82 bits per heavy atom. The van der Waals surface area contributed by atoms with Gasteiger partial charge in [0.2, 0.25) is 0 Å². The van der Waals surface area contributed by atoms with Crippen LogP contribution in [0.15, 0.2) is 5.38 Å². The molecule has 1 saturated heterocycles. The van der Waals surface area contributed by atoms with Gasteiger partial charge in [-0.25, -0.2) is 4.98 Å². The summed E-state index contributed by atoms with van der Waals surface area (Å²) >= 11 is 3.80. The van der Waals surface area contributed by atoms with Crippen LogP contribution in [0.3, 0.4) is 0 Å². The smallest absolute Gasteiger partial charge is 0.0944 e. The molecule has 4 heteroatoms. The van der Waals surface area contributed by atoms with Gasteiger partial charge in [0.25, 0.3) is 0 Å². The summed E-state index contributed by atoms with van der Waals surface area (Å²) in [7, 11) is 0. The average molecular weight is 270 g/mol. The van der Waals surface area contributed by atoms with Gasteiger partial charge < -0.3 is 5.73 Å². The molecular weight excluding hydrogens is 248 g/mol. The van der Waals surface area contributed by atoms with Crippen LogP contribution in [0, 0.1) is 5.92 Å². The third-order valence-corrected chi connectivity index (χ3v) is 5.36. The maximum absolute atomic E-state index is 6.28. The Morgan fingerprint density at radius 2 is 2.29 bits per heavy atom. The number of nitrogens with zero attached hydrogens (tertiary/aromatic N) is 1. The van der Waals surface area contributed by atoms with Crippen LogP contribution in [-0.4, -0.2) is 22.5 Å². The summed E-state index contributed by atoms with van der Waals surface area (Å²) in [5, 5.41) is 3.39. The first-order valence-corrected chi connectivity index (χ1v) is 8.28. The predicted molar refractivity (Wildman–Crippen MR) is 77.9 cm³/mol. The molecule has 2 unspecified atom stereocenters. The summed E-state index contributed by atoms with van der Waals surface area (Å²) in [5.74, 6) is 3.21. The molecule has 0 spiro atoms. The topological polar surface area (TPSA) is 38.9 Å². The molecule has 2 N–H and O–H groups in total. The fourth-order valence-electron chi connectivity index (χ4n) is 2.01. The Hall–Kier alpha value is -0.0600. The molecule has 1 fully saturated rings. The quantitative estimate of drug-likeness (QED) is 0.917. The van der Waals surface area contributed by atoms with E-state index in [0.29, 0.717) is 12.0 Å². The molecular formula is C13H22N2S2. The van der Waals surface area contributed by atoms with E-state index in [0.717, 1.165) is 6.42 Å². The maximum atomic E-state index is 6.28. The number of hydrogen-bond acceptors (Lipinski definition) is 4. The maximum Gasteiger partial charge on any atom is 0.0944 e. The second kappa shape index (κ2) is 5.29. The number of nitrogens with two attached hydrogens (primary N) is 1. The highest BCUT2D eigenvalue weighted by atomic mass is 32.2. The van der Waals surface area contributed by atoms with E-state index in [-0.39, 0.29) is 5.41 Å². The second-order valence-corrected chi connectivity index (χ2v) is 7.96. The molecule has 0 aliphatic carbocycles. The zero-order valence-electron chi connectivity index (χ0n) is 10.9. The molecule has 17 heavy (non-hydrogen) atoms. The number of rotatable bonds is 3. The Labute approximate surface area is 112 Å². The van der Waals surface area contributed by atoms with Crippen molar-refractivity contribution in [1.82, 2.24) is 4.98 Å². The average Bonchev–Trinajstić information content (AvgIpc) is 2.85. The Kier molecular flexibility index (Phi) is 4.16. The van der Waals surface area contributed by atoms with Crippen molar-refractivity contribution in [3.05, 3.63) is 16.1 Å². The van der Waals surface area contributed by atoms with E-state index in [1.54, 1.807) is 11.3 Å². The fourth-order valence-corrected chi connectivity index (χ4v) is 4.45. The van der Waals surface area contributed by atoms with Crippen LogP contribution in [0.4, 0.5) is 0 Å². The SMILES string of the molecule is CC(C)(C)c1csc(CC(N)C2CCSC2)n1. The standard InChI is InChI=1S/C13H22N2S2/c1-13(2,3)11-8-17-12(15-11)6-10(14)9-4-5-16-7-9/h8-10H,4-7,14H2,1-3H3. The van der Waals surface area contributed by atoms with E-state index >= 15 is 0 Å². The first-order chi connectivity index (χ1) is 7.97. The van der Waals surface area contributed by atoms with Crippen LogP contribution < -0.4 is 5.73 Å². The Morgan fingerprint density at radius 1 is 1.53 bits per heavy atom. The summed E-state index contributed by atoms with van der Waals surface area (Å²) in [6.45, 7) is 6.62. The van der Waals surface area contributed by atoms with Gasteiger partial charge in [0, 0.05) is 23.3 Å². The molecule has 96 valence electrons. The van der Waals surface area contributed by atoms with Gasteiger partial charge in [-0.15, -0.1) is 11.3 Å². The molecule has 1 aliphatic heterocycles. The van der Waals surface area contributed by atoms with Crippen LogP contribution in [0.5, 0.6) is 0 Å². The molecule has 2 heterocycles. The second-order valence-electron chi connectivity index (χ2n) is 5.87. The summed E-state index contributed by atoms with van der Waals surface area (Å²) in [6.07, 6.45) is 2.23. The van der Waals surface area contributed by atoms with Crippen molar-refractivity contribution in [3.8, 4) is 0 Å². The van der Waals surface area contributed by atoms with Gasteiger partial charge in [-0.1, -0.05) is 20.8 Å². The lowest BCUT2D eigenvalue weighted by Crippen LogP contribution is -2.32. The van der Waals surface area contributed by atoms with E-state index < -0.39 is 0 Å². The predicted octanol–water partition coefficient (Wildman–Crippen LogP) is 3.06. The van der Waals surface area contributed by atoms with Gasteiger partial charge in [0.15, 0.2) is 0 Å². The van der Waals surface area contributed by atoms with E-state index in [2.05, 4.69) is 26.2 Å². The minimum absolute atomic E-state index is 0.155. The molecule has 1 aromatic rings. The van der Waals surface area contributed by atoms with Gasteiger partial charge in [-0.3, -0.25) is 0 Å². The molecule has 2 atom stereocenters. The Balaban J connectivity index is 1.96. The minimum atomic E-state index is 0.155. The summed E-state index contributed by atoms with van der Waals surface area (Å²) < 4.78 is 0. The molecule has 0 bridgehead atoms. The zero-order valence-corrected chi connectivity index (χ0v) is 12.5. The lowest BCUT2D eigenvalue weighted by Gasteiger charge is -2.17. The summed E-state index contributed by atoms with van der Waals surface area (Å²) in [5.41, 5.74) is 7.64. The van der Waals surface area contributed by atoms with Crippen molar-refractivity contribution >= 4 is 23.1 Å². The van der Waals surface area contributed by atoms with E-state index in [9.17, 15) is 0 Å². The number of hydrogen-bond donors (Lipinski definition) is 1. The van der Waals surface area contributed by atoms with Crippen molar-refractivity contribution in [3.63, 3.8) is 0 Å². The molecule has 0 saturated carbocycles. The molecule has 2 nitrogen and oxygen atoms in total. The molecule has 0 radical (unpaired) electrons. The van der Waals surface area contributed by atoms with Gasteiger partial charge in [0.05, 0.1) is 10.7 Å². The van der Waals surface area contributed by atoms with E-state index in [1.807, 2.05) is 11.8 Å². The highest BCUT2D eigenvalue weighted by Crippen LogP contribution is 2.28. The third kappa shape index (κ3) is 3.46. The van der Waals surface area contributed by atoms with Crippen LogP contribution in [-0.2, 0) is 11.8 Å². The minimum Gasteiger partial charge on any atom is -0.327 e. The lowest BCUT2D eigenvalue weighted by atomic mass is 9.93. The number of thiazole rings is 1. The molecule has 1 aromatic heterocycles. The van der Waals surface area contributed by atoms with Crippen molar-refractivity contribution < 1.29 is 0 Å². The summed E-state index contributed by atoms with van der Waals surface area (Å²) in [4.78, 5) is 4.72. The highest BCUT2D eigenvalue weighted by molar-refractivity contribution is 7.99. The zero-order chi connectivity index (χ0) is 12.5. The summed E-state index contributed by atoms with van der Waals surface area (Å²) in [6, 6.07) is 0.295. The lowest BCUT2D eigenvalue weighted by molar-refractivity contribution is 0.461. The van der Waals surface area contributed by atoms with Crippen LogP contribution in [0.2, 0.25) is 0 Å². The van der Waals surface area contributed by atoms with Crippen molar-refractivity contribution in [2.24, 2.45) is 11.7 Å². The van der Waals surface area contributed by atoms with Gasteiger partial charge in [0.1, 0.15) is 0 Å². The molecule has 2 rings (SSSR count). The first-order valence-electron chi connectivity index (χ1n) is 6.25. The van der Waals surface area contributed by atoms with Crippen LogP contribution in [0.25, 0.3) is 0 Å². The van der Waals surface area contributed by atoms with Gasteiger partial charge >= 0.3 is 0 Å². The number of thioether (sulfide) groups is 1. The number of aromatic nitrogens is 1. The van der Waals surface area contributed by atoms with Crippen molar-refractivity contribution in [2.45, 2.75) is 45.1 Å². The largest absolute Gasteiger partial charge is 0.327 e. The third-order valence-electron chi connectivity index (χ3n) is 3.30. The van der Waals surface area contributed by atoms with Crippen LogP contribution >= 0.6 is 23.1 Å². The highest BCUT2D eigenvalue weighted by Gasteiger charge is 2.24. The van der Waals surface area contributed by atoms with Crippen molar-refractivity contribution in [1.29, 1.82) is 0 Å². The van der Waals surface area contributed by atoms with E-state index in [1.165, 1.54) is 28.6 Å². The molecule has 1 aliphatic rings. The monoisotopic (exact) mass is 270 g/mol. The molecule has 0 amide bonds. The first kappa shape index (κ1) is 13.4. The van der Waals surface area contributed by atoms with Crippen LogP contribution in [0.1, 0.15) is 37.9 Å². The van der Waals surface area contributed by atoms with E-state index in [4.69, 9.17) is 10.7 Å². The molecule has 0 aromatic carbocycles.